The summed E-state index contributed by atoms with van der Waals surface area (Å²) in [6, 6.07) is 0. The standard InChI is InChI=1S/C8H14F2O3S/c1-3-7(2,4-11)14-5-8(9,10)6(12)13/h11H,3-5H2,1-2H3,(H,12,13). The van der Waals surface area contributed by atoms with E-state index in [0.29, 0.717) is 6.42 Å². The summed E-state index contributed by atoms with van der Waals surface area (Å²) in [6.45, 7) is 3.13. The Labute approximate surface area is 85.5 Å². The summed E-state index contributed by atoms with van der Waals surface area (Å²) in [5.41, 5.74) is 0. The van der Waals surface area contributed by atoms with Crippen LogP contribution in [0.1, 0.15) is 20.3 Å². The summed E-state index contributed by atoms with van der Waals surface area (Å²) < 4.78 is 24.6. The van der Waals surface area contributed by atoms with Crippen LogP contribution in [0.5, 0.6) is 0 Å². The number of aliphatic carboxylic acids is 1. The van der Waals surface area contributed by atoms with Crippen molar-refractivity contribution in [1.29, 1.82) is 0 Å². The molecule has 3 nitrogen and oxygen atoms in total. The first-order valence-electron chi connectivity index (χ1n) is 4.13. The Hall–Kier alpha value is -0.360. The number of hydrogen-bond donors (Lipinski definition) is 2. The number of hydrogen-bond acceptors (Lipinski definition) is 3. The second-order valence-corrected chi connectivity index (χ2v) is 4.82. The van der Waals surface area contributed by atoms with Gasteiger partial charge in [-0.1, -0.05) is 6.92 Å². The lowest BCUT2D eigenvalue weighted by molar-refractivity contribution is -0.161. The number of alkyl halides is 2. The normalized spacial score (nSPS) is 16.4. The van der Waals surface area contributed by atoms with Crippen molar-refractivity contribution in [3.05, 3.63) is 0 Å². The van der Waals surface area contributed by atoms with Crippen LogP contribution in [0.25, 0.3) is 0 Å². The number of aliphatic hydroxyl groups excluding tert-OH is 1. The van der Waals surface area contributed by atoms with Gasteiger partial charge in [-0.2, -0.15) is 8.78 Å². The Kier molecular flexibility index (Phi) is 4.80. The van der Waals surface area contributed by atoms with Crippen LogP contribution in [0.2, 0.25) is 0 Å². The van der Waals surface area contributed by atoms with Crippen molar-refractivity contribution in [2.75, 3.05) is 12.4 Å². The SMILES string of the molecule is CCC(C)(CO)SCC(F)(F)C(=O)O. The highest BCUT2D eigenvalue weighted by Gasteiger charge is 2.40. The highest BCUT2D eigenvalue weighted by molar-refractivity contribution is 8.00. The zero-order valence-corrected chi connectivity index (χ0v) is 8.90. The molecule has 2 N–H and O–H groups in total. The topological polar surface area (TPSA) is 57.5 Å². The van der Waals surface area contributed by atoms with Gasteiger partial charge in [-0.3, -0.25) is 0 Å². The monoisotopic (exact) mass is 228 g/mol. The van der Waals surface area contributed by atoms with Gasteiger partial charge in [0, 0.05) is 4.75 Å². The van der Waals surface area contributed by atoms with E-state index in [0.717, 1.165) is 11.8 Å². The van der Waals surface area contributed by atoms with E-state index >= 15 is 0 Å². The molecule has 0 rings (SSSR count). The number of rotatable bonds is 6. The van der Waals surface area contributed by atoms with Crippen LogP contribution in [0.4, 0.5) is 8.78 Å². The largest absolute Gasteiger partial charge is 0.477 e. The van der Waals surface area contributed by atoms with E-state index in [9.17, 15) is 13.6 Å². The first-order chi connectivity index (χ1) is 6.27. The number of carbonyl (C=O) groups is 1. The van der Waals surface area contributed by atoms with Crippen LogP contribution in [0, 0.1) is 0 Å². The van der Waals surface area contributed by atoms with Crippen LogP contribution in [-0.4, -0.2) is 39.2 Å². The molecule has 0 saturated heterocycles. The maximum atomic E-state index is 12.6. The fraction of sp³-hybridized carbons (Fsp3) is 0.875. The molecule has 0 spiro atoms. The highest BCUT2D eigenvalue weighted by Crippen LogP contribution is 2.32. The van der Waals surface area contributed by atoms with Gasteiger partial charge in [-0.25, -0.2) is 4.79 Å². The van der Waals surface area contributed by atoms with Crippen molar-refractivity contribution < 1.29 is 23.8 Å². The molecule has 1 unspecified atom stereocenters. The predicted molar refractivity (Wildman–Crippen MR) is 50.8 cm³/mol. The number of thioether (sulfide) groups is 1. The summed E-state index contributed by atoms with van der Waals surface area (Å²) in [7, 11) is 0. The van der Waals surface area contributed by atoms with Crippen molar-refractivity contribution in [1.82, 2.24) is 0 Å². The first kappa shape index (κ1) is 13.6. The molecule has 84 valence electrons. The van der Waals surface area contributed by atoms with Gasteiger partial charge in [0.25, 0.3) is 0 Å². The van der Waals surface area contributed by atoms with E-state index in [1.807, 2.05) is 0 Å². The second kappa shape index (κ2) is 4.93. The number of aliphatic hydroxyl groups is 1. The maximum absolute atomic E-state index is 12.6. The van der Waals surface area contributed by atoms with Crippen LogP contribution < -0.4 is 0 Å². The van der Waals surface area contributed by atoms with Gasteiger partial charge in [0.05, 0.1) is 12.4 Å². The molecule has 0 aromatic carbocycles. The smallest absolute Gasteiger partial charge is 0.375 e. The molecule has 1 atom stereocenters. The van der Waals surface area contributed by atoms with E-state index in [2.05, 4.69) is 0 Å². The lowest BCUT2D eigenvalue weighted by Gasteiger charge is -2.26. The Balaban J connectivity index is 4.23. The zero-order chi connectivity index (χ0) is 11.4. The van der Waals surface area contributed by atoms with Crippen LogP contribution in [0.3, 0.4) is 0 Å². The fourth-order valence-electron chi connectivity index (χ4n) is 0.586. The molecule has 14 heavy (non-hydrogen) atoms. The van der Waals surface area contributed by atoms with E-state index in [-0.39, 0.29) is 6.61 Å². The van der Waals surface area contributed by atoms with Gasteiger partial charge < -0.3 is 10.2 Å². The summed E-state index contributed by atoms with van der Waals surface area (Å²) in [4.78, 5) is 10.1. The molecule has 0 saturated carbocycles. The molecule has 0 bridgehead atoms. The predicted octanol–water partition coefficient (Wildman–Crippen LogP) is 1.60. The minimum Gasteiger partial charge on any atom is -0.477 e. The number of carboxylic acids is 1. The van der Waals surface area contributed by atoms with Crippen molar-refractivity contribution in [2.45, 2.75) is 30.9 Å². The van der Waals surface area contributed by atoms with Gasteiger partial charge in [0.15, 0.2) is 0 Å². The lowest BCUT2D eigenvalue weighted by atomic mass is 10.1. The summed E-state index contributed by atoms with van der Waals surface area (Å²) in [5, 5.41) is 17.1. The Morgan fingerprint density at radius 3 is 2.29 bits per heavy atom. The van der Waals surface area contributed by atoms with E-state index in [1.54, 1.807) is 13.8 Å². The Bertz CT molecular complexity index is 205. The quantitative estimate of drug-likeness (QED) is 0.725. The molecular formula is C8H14F2O3S. The van der Waals surface area contributed by atoms with E-state index < -0.39 is 22.4 Å². The van der Waals surface area contributed by atoms with Crippen molar-refractivity contribution in [2.24, 2.45) is 0 Å². The van der Waals surface area contributed by atoms with E-state index in [1.165, 1.54) is 0 Å². The minimum atomic E-state index is -3.73. The Morgan fingerprint density at radius 1 is 1.50 bits per heavy atom. The van der Waals surface area contributed by atoms with Crippen LogP contribution in [0.15, 0.2) is 0 Å². The average Bonchev–Trinajstić information content (AvgIpc) is 2.14. The van der Waals surface area contributed by atoms with Crippen molar-refractivity contribution >= 4 is 17.7 Å². The lowest BCUT2D eigenvalue weighted by Crippen LogP contribution is -2.35. The molecule has 6 heteroatoms. The molecular weight excluding hydrogens is 214 g/mol. The van der Waals surface area contributed by atoms with Gasteiger partial charge in [0.2, 0.25) is 0 Å². The number of carboxylic acid groups (broad SMARTS) is 1. The third-order valence-electron chi connectivity index (χ3n) is 2.00. The maximum Gasteiger partial charge on any atom is 0.375 e. The van der Waals surface area contributed by atoms with Gasteiger partial charge in [0.1, 0.15) is 0 Å². The van der Waals surface area contributed by atoms with Gasteiger partial charge in [-0.05, 0) is 13.3 Å². The third kappa shape index (κ3) is 3.79. The van der Waals surface area contributed by atoms with Crippen molar-refractivity contribution in [3.8, 4) is 0 Å². The molecule has 0 aromatic rings. The molecule has 0 aromatic heterocycles. The van der Waals surface area contributed by atoms with E-state index in [4.69, 9.17) is 10.2 Å². The molecule has 0 aliphatic rings. The summed E-state index contributed by atoms with van der Waals surface area (Å²) >= 11 is 0.778. The highest BCUT2D eigenvalue weighted by atomic mass is 32.2. The molecule has 0 aliphatic carbocycles. The molecule has 0 radical (unpaired) electrons. The molecule has 0 heterocycles. The van der Waals surface area contributed by atoms with Crippen molar-refractivity contribution in [3.63, 3.8) is 0 Å². The molecule has 0 amide bonds. The third-order valence-corrected chi connectivity index (χ3v) is 3.62. The zero-order valence-electron chi connectivity index (χ0n) is 8.09. The molecule has 0 fully saturated rings. The minimum absolute atomic E-state index is 0.246. The second-order valence-electron chi connectivity index (χ2n) is 3.26. The molecule has 0 aliphatic heterocycles. The summed E-state index contributed by atoms with van der Waals surface area (Å²) in [6.07, 6.45) is 0.504. The van der Waals surface area contributed by atoms with Gasteiger partial charge >= 0.3 is 11.9 Å². The van der Waals surface area contributed by atoms with Crippen LogP contribution >= 0.6 is 11.8 Å². The average molecular weight is 228 g/mol. The van der Waals surface area contributed by atoms with Crippen LogP contribution in [-0.2, 0) is 4.79 Å². The summed E-state index contributed by atoms with van der Waals surface area (Å²) in [5.74, 6) is -6.66. The van der Waals surface area contributed by atoms with Gasteiger partial charge in [-0.15, -0.1) is 11.8 Å². The fourth-order valence-corrected chi connectivity index (χ4v) is 1.53. The number of halogens is 2. The first-order valence-corrected chi connectivity index (χ1v) is 5.12. The Morgan fingerprint density at radius 2 is 2.00 bits per heavy atom.